The fourth-order valence-corrected chi connectivity index (χ4v) is 0.289. The van der Waals surface area contributed by atoms with Gasteiger partial charge in [-0.1, -0.05) is 33.6 Å². The van der Waals surface area contributed by atoms with E-state index >= 15 is 0 Å². The molecular formula is C8H24N2O. The van der Waals surface area contributed by atoms with E-state index < -0.39 is 0 Å². The largest absolute Gasteiger partial charge is 0.412 e. The van der Waals surface area contributed by atoms with Gasteiger partial charge in [-0.15, -0.1) is 0 Å². The van der Waals surface area contributed by atoms with Crippen LogP contribution in [0.4, 0.5) is 0 Å². The second-order valence-electron chi connectivity index (χ2n) is 2.78. The molecule has 0 saturated heterocycles. The van der Waals surface area contributed by atoms with E-state index in [4.69, 9.17) is 11.5 Å². The molecule has 0 aromatic carbocycles. The van der Waals surface area contributed by atoms with Crippen LogP contribution in [0.1, 0.15) is 40.5 Å². The number of rotatable bonds is 2. The van der Waals surface area contributed by atoms with Crippen LogP contribution >= 0.6 is 0 Å². The maximum Gasteiger partial charge on any atom is 0.0491 e. The third kappa shape index (κ3) is 40.8. The highest BCUT2D eigenvalue weighted by Gasteiger charge is 1.88. The van der Waals surface area contributed by atoms with Gasteiger partial charge >= 0.3 is 0 Å². The van der Waals surface area contributed by atoms with Gasteiger partial charge in [0.1, 0.15) is 0 Å². The van der Waals surface area contributed by atoms with Crippen molar-refractivity contribution in [2.24, 2.45) is 17.4 Å². The Labute approximate surface area is 70.5 Å². The van der Waals surface area contributed by atoms with E-state index in [0.29, 0.717) is 0 Å². The molecule has 0 aromatic rings. The van der Waals surface area contributed by atoms with Gasteiger partial charge in [-0.05, 0) is 12.8 Å². The Hall–Kier alpha value is -0.120. The van der Waals surface area contributed by atoms with E-state index in [1.54, 1.807) is 6.92 Å². The molecule has 0 bridgehead atoms. The molecule has 0 aliphatic rings. The van der Waals surface area contributed by atoms with Crippen molar-refractivity contribution in [1.82, 2.24) is 0 Å². The summed E-state index contributed by atoms with van der Waals surface area (Å²) in [6, 6.07) is 0. The van der Waals surface area contributed by atoms with Gasteiger partial charge < -0.3 is 16.9 Å². The van der Waals surface area contributed by atoms with E-state index in [0.717, 1.165) is 5.92 Å². The first-order chi connectivity index (χ1) is 4.54. The predicted molar refractivity (Wildman–Crippen MR) is 51.2 cm³/mol. The molecular weight excluding hydrogens is 140 g/mol. The lowest BCUT2D eigenvalue weighted by molar-refractivity contribution is 0.544. The van der Waals surface area contributed by atoms with Gasteiger partial charge in [-0.3, -0.25) is 0 Å². The molecule has 0 aliphatic carbocycles. The van der Waals surface area contributed by atoms with Crippen LogP contribution in [0.5, 0.6) is 0 Å². The summed E-state index contributed by atoms with van der Waals surface area (Å²) in [5, 5.41) is 0. The molecule has 11 heavy (non-hydrogen) atoms. The molecule has 0 fully saturated rings. The van der Waals surface area contributed by atoms with Crippen LogP contribution in [0.2, 0.25) is 0 Å². The summed E-state index contributed by atoms with van der Waals surface area (Å²) in [4.78, 5) is 0. The number of hydrogen-bond donors (Lipinski definition) is 2. The third-order valence-electron chi connectivity index (χ3n) is 1.39. The lowest BCUT2D eigenvalue weighted by Gasteiger charge is -1.98. The molecule has 3 heteroatoms. The molecule has 0 amide bonds. The molecule has 0 rings (SSSR count). The Morgan fingerprint density at radius 2 is 1.18 bits per heavy atom. The normalized spacial score (nSPS) is 8.73. The van der Waals surface area contributed by atoms with Gasteiger partial charge in [0.2, 0.25) is 0 Å². The summed E-state index contributed by atoms with van der Waals surface area (Å²) in [7, 11) is 0. The molecule has 0 unspecified atom stereocenters. The van der Waals surface area contributed by atoms with Crippen LogP contribution in [0.3, 0.4) is 0 Å². The molecule has 0 aliphatic heterocycles. The SMILES string of the molecule is CC(N)N.CCC(C)CC.O. The first kappa shape index (κ1) is 17.1. The Bertz CT molecular complexity index is 51.3. The van der Waals surface area contributed by atoms with Gasteiger partial charge in [0.05, 0.1) is 0 Å². The second-order valence-corrected chi connectivity index (χ2v) is 2.78. The van der Waals surface area contributed by atoms with Crippen molar-refractivity contribution in [3.8, 4) is 0 Å². The van der Waals surface area contributed by atoms with E-state index in [2.05, 4.69) is 20.8 Å². The summed E-state index contributed by atoms with van der Waals surface area (Å²) in [6.45, 7) is 8.46. The van der Waals surface area contributed by atoms with E-state index in [1.807, 2.05) is 0 Å². The lowest BCUT2D eigenvalue weighted by Crippen LogP contribution is -2.25. The Balaban J connectivity index is -0.000000114. The molecule has 0 heterocycles. The van der Waals surface area contributed by atoms with Crippen LogP contribution in [0.25, 0.3) is 0 Å². The first-order valence-electron chi connectivity index (χ1n) is 4.05. The Morgan fingerprint density at radius 1 is 1.00 bits per heavy atom. The van der Waals surface area contributed by atoms with E-state index in [1.165, 1.54) is 12.8 Å². The number of nitrogens with two attached hydrogens (primary N) is 2. The molecule has 0 spiro atoms. The monoisotopic (exact) mass is 164 g/mol. The highest BCUT2D eigenvalue weighted by molar-refractivity contribution is 4.41. The van der Waals surface area contributed by atoms with Gasteiger partial charge in [-0.25, -0.2) is 0 Å². The van der Waals surface area contributed by atoms with Crippen LogP contribution in [-0.2, 0) is 0 Å². The van der Waals surface area contributed by atoms with Gasteiger partial charge in [0, 0.05) is 6.17 Å². The molecule has 0 atom stereocenters. The quantitative estimate of drug-likeness (QED) is 0.593. The van der Waals surface area contributed by atoms with Gasteiger partial charge in [0.15, 0.2) is 0 Å². The average Bonchev–Trinajstić information content (AvgIpc) is 1.85. The van der Waals surface area contributed by atoms with Crippen LogP contribution in [0.15, 0.2) is 0 Å². The summed E-state index contributed by atoms with van der Waals surface area (Å²) in [5.74, 6) is 0.935. The third-order valence-corrected chi connectivity index (χ3v) is 1.39. The fourth-order valence-electron chi connectivity index (χ4n) is 0.289. The van der Waals surface area contributed by atoms with Crippen LogP contribution in [-0.4, -0.2) is 11.6 Å². The highest BCUT2D eigenvalue weighted by Crippen LogP contribution is 2.02. The molecule has 72 valence electrons. The number of hydrogen-bond acceptors (Lipinski definition) is 2. The van der Waals surface area contributed by atoms with E-state index in [9.17, 15) is 0 Å². The van der Waals surface area contributed by atoms with Crippen molar-refractivity contribution in [3.63, 3.8) is 0 Å². The molecule has 6 N–H and O–H groups in total. The zero-order valence-corrected chi connectivity index (χ0v) is 8.22. The summed E-state index contributed by atoms with van der Waals surface area (Å²) >= 11 is 0. The Kier molecular flexibility index (Phi) is 19.5. The lowest BCUT2D eigenvalue weighted by atomic mass is 10.1. The molecule has 0 aromatic heterocycles. The van der Waals surface area contributed by atoms with Crippen LogP contribution < -0.4 is 11.5 Å². The minimum absolute atomic E-state index is 0. The second kappa shape index (κ2) is 12.5. The molecule has 0 radical (unpaired) electrons. The fraction of sp³-hybridized carbons (Fsp3) is 1.00. The van der Waals surface area contributed by atoms with Gasteiger partial charge in [0.25, 0.3) is 0 Å². The summed E-state index contributed by atoms with van der Waals surface area (Å²) in [6.07, 6.45) is 2.49. The zero-order chi connectivity index (χ0) is 8.57. The van der Waals surface area contributed by atoms with Crippen molar-refractivity contribution < 1.29 is 5.48 Å². The van der Waals surface area contributed by atoms with Crippen molar-refractivity contribution in [1.29, 1.82) is 0 Å². The average molecular weight is 164 g/mol. The highest BCUT2D eigenvalue weighted by atomic mass is 16.0. The van der Waals surface area contributed by atoms with Crippen molar-refractivity contribution in [2.75, 3.05) is 0 Å². The Morgan fingerprint density at radius 3 is 1.18 bits per heavy atom. The predicted octanol–water partition coefficient (Wildman–Crippen LogP) is 0.868. The first-order valence-corrected chi connectivity index (χ1v) is 4.05. The maximum absolute atomic E-state index is 4.89. The maximum atomic E-state index is 4.89. The summed E-state index contributed by atoms with van der Waals surface area (Å²) < 4.78 is 0. The topological polar surface area (TPSA) is 83.5 Å². The summed E-state index contributed by atoms with van der Waals surface area (Å²) in [5.41, 5.74) is 9.78. The standard InChI is InChI=1S/C6H14.C2H8N2.H2O/c1-4-6(3)5-2;1-2(3)4;/h6H,4-5H2,1-3H3;2H,3-4H2,1H3;1H2. The van der Waals surface area contributed by atoms with E-state index in [-0.39, 0.29) is 11.6 Å². The minimum atomic E-state index is -0.167. The molecule has 0 saturated carbocycles. The van der Waals surface area contributed by atoms with Crippen molar-refractivity contribution in [2.45, 2.75) is 46.7 Å². The van der Waals surface area contributed by atoms with Gasteiger partial charge in [-0.2, -0.15) is 0 Å². The molecule has 3 nitrogen and oxygen atoms in total. The van der Waals surface area contributed by atoms with Crippen molar-refractivity contribution >= 4 is 0 Å². The zero-order valence-electron chi connectivity index (χ0n) is 8.22. The minimum Gasteiger partial charge on any atom is -0.412 e. The van der Waals surface area contributed by atoms with Crippen molar-refractivity contribution in [3.05, 3.63) is 0 Å². The smallest absolute Gasteiger partial charge is 0.0491 e. The van der Waals surface area contributed by atoms with Crippen LogP contribution in [0, 0.1) is 5.92 Å².